The van der Waals surface area contributed by atoms with Gasteiger partial charge >= 0.3 is 0 Å². The molecule has 2 atom stereocenters. The molecule has 1 aromatic rings. The van der Waals surface area contributed by atoms with Crippen molar-refractivity contribution in [3.8, 4) is 5.75 Å². The van der Waals surface area contributed by atoms with Crippen molar-refractivity contribution in [2.75, 3.05) is 6.54 Å². The van der Waals surface area contributed by atoms with Gasteiger partial charge in [0.15, 0.2) is 0 Å². The summed E-state index contributed by atoms with van der Waals surface area (Å²) in [5.41, 5.74) is 12.9. The fraction of sp³-hybridized carbons (Fsp3) is 0.571. The molecule has 0 saturated carbocycles. The van der Waals surface area contributed by atoms with Crippen LogP contribution in [0.25, 0.3) is 0 Å². The van der Waals surface area contributed by atoms with Crippen molar-refractivity contribution in [2.45, 2.75) is 39.3 Å². The highest BCUT2D eigenvalue weighted by Crippen LogP contribution is 2.21. The highest BCUT2D eigenvalue weighted by molar-refractivity contribution is 5.29. The first-order valence-electron chi connectivity index (χ1n) is 6.25. The van der Waals surface area contributed by atoms with Crippen molar-refractivity contribution in [1.82, 2.24) is 0 Å². The van der Waals surface area contributed by atoms with Crippen LogP contribution in [0.2, 0.25) is 0 Å². The number of nitrogens with two attached hydrogens (primary N) is 2. The maximum absolute atomic E-state index is 6.13. The lowest BCUT2D eigenvalue weighted by Gasteiger charge is -2.17. The minimum absolute atomic E-state index is 0.0571. The summed E-state index contributed by atoms with van der Waals surface area (Å²) in [5.74, 6) is 1.35. The zero-order chi connectivity index (χ0) is 12.8. The summed E-state index contributed by atoms with van der Waals surface area (Å²) in [6.07, 6.45) is 1.12. The van der Waals surface area contributed by atoms with Crippen LogP contribution in [0.15, 0.2) is 24.3 Å². The van der Waals surface area contributed by atoms with E-state index in [-0.39, 0.29) is 12.1 Å². The summed E-state index contributed by atoms with van der Waals surface area (Å²) in [6, 6.07) is 8.07. The molecule has 0 saturated heterocycles. The second kappa shape index (κ2) is 6.62. The molecular weight excluding hydrogens is 212 g/mol. The van der Waals surface area contributed by atoms with Crippen molar-refractivity contribution in [1.29, 1.82) is 0 Å². The minimum atomic E-state index is 0.0571. The van der Waals surface area contributed by atoms with Crippen LogP contribution in [0.5, 0.6) is 5.75 Å². The molecule has 96 valence electrons. The Balaban J connectivity index is 2.60. The van der Waals surface area contributed by atoms with Crippen molar-refractivity contribution in [3.63, 3.8) is 0 Å². The fourth-order valence-corrected chi connectivity index (χ4v) is 1.73. The molecule has 0 aliphatic carbocycles. The van der Waals surface area contributed by atoms with E-state index in [0.717, 1.165) is 17.7 Å². The molecule has 1 rings (SSSR count). The summed E-state index contributed by atoms with van der Waals surface area (Å²) in [7, 11) is 0. The van der Waals surface area contributed by atoms with Gasteiger partial charge in [0, 0.05) is 6.04 Å². The third-order valence-electron chi connectivity index (χ3n) is 2.74. The first kappa shape index (κ1) is 14.0. The van der Waals surface area contributed by atoms with Crippen LogP contribution in [-0.2, 0) is 0 Å². The predicted molar refractivity (Wildman–Crippen MR) is 72.0 cm³/mol. The van der Waals surface area contributed by atoms with Crippen LogP contribution in [-0.4, -0.2) is 12.6 Å². The lowest BCUT2D eigenvalue weighted by Crippen LogP contribution is -2.19. The second-order valence-electron chi connectivity index (χ2n) is 4.92. The van der Waals surface area contributed by atoms with Gasteiger partial charge < -0.3 is 16.2 Å². The Labute approximate surface area is 104 Å². The van der Waals surface area contributed by atoms with E-state index in [1.807, 2.05) is 38.1 Å². The average molecular weight is 236 g/mol. The molecule has 1 aromatic carbocycles. The van der Waals surface area contributed by atoms with Gasteiger partial charge in [0.1, 0.15) is 5.75 Å². The van der Waals surface area contributed by atoms with Crippen LogP contribution < -0.4 is 16.2 Å². The second-order valence-corrected chi connectivity index (χ2v) is 4.92. The number of benzene rings is 1. The third-order valence-corrected chi connectivity index (χ3v) is 2.74. The van der Waals surface area contributed by atoms with Crippen LogP contribution in [0.1, 0.15) is 38.8 Å². The Hall–Kier alpha value is -1.06. The number of hydrogen-bond donors (Lipinski definition) is 2. The van der Waals surface area contributed by atoms with Crippen molar-refractivity contribution in [2.24, 2.45) is 17.4 Å². The monoisotopic (exact) mass is 236 g/mol. The van der Waals surface area contributed by atoms with E-state index < -0.39 is 0 Å². The van der Waals surface area contributed by atoms with E-state index in [4.69, 9.17) is 16.2 Å². The molecule has 2 unspecified atom stereocenters. The summed E-state index contributed by atoms with van der Waals surface area (Å²) < 4.78 is 5.59. The highest BCUT2D eigenvalue weighted by Gasteiger charge is 2.10. The Bertz CT molecular complexity index is 321. The molecular formula is C14H24N2O. The zero-order valence-corrected chi connectivity index (χ0v) is 11.0. The van der Waals surface area contributed by atoms with Crippen molar-refractivity contribution < 1.29 is 4.74 Å². The van der Waals surface area contributed by atoms with Crippen LogP contribution in [0, 0.1) is 5.92 Å². The van der Waals surface area contributed by atoms with E-state index in [1.54, 1.807) is 0 Å². The van der Waals surface area contributed by atoms with E-state index in [1.165, 1.54) is 0 Å². The Kier molecular flexibility index (Phi) is 5.45. The standard InChI is InChI=1S/C14H24N2O/c1-10(2)17-13-6-4-12(5-7-13)14(16)8-11(3)9-15/h4-7,10-11,14H,8-9,15-16H2,1-3H3. The van der Waals surface area contributed by atoms with Crippen LogP contribution in [0.4, 0.5) is 0 Å². The van der Waals surface area contributed by atoms with E-state index in [0.29, 0.717) is 12.5 Å². The summed E-state index contributed by atoms with van der Waals surface area (Å²) in [4.78, 5) is 0. The molecule has 0 heterocycles. The Morgan fingerprint density at radius 1 is 1.12 bits per heavy atom. The smallest absolute Gasteiger partial charge is 0.119 e. The molecule has 17 heavy (non-hydrogen) atoms. The van der Waals surface area contributed by atoms with Gasteiger partial charge in [-0.25, -0.2) is 0 Å². The lowest BCUT2D eigenvalue weighted by atomic mass is 9.97. The first-order valence-corrected chi connectivity index (χ1v) is 6.25. The van der Waals surface area contributed by atoms with Gasteiger partial charge in [-0.3, -0.25) is 0 Å². The topological polar surface area (TPSA) is 61.3 Å². The van der Waals surface area contributed by atoms with Crippen molar-refractivity contribution in [3.05, 3.63) is 29.8 Å². The molecule has 0 aromatic heterocycles. The maximum Gasteiger partial charge on any atom is 0.119 e. The van der Waals surface area contributed by atoms with Gasteiger partial charge in [0.2, 0.25) is 0 Å². The molecule has 0 spiro atoms. The molecule has 0 bridgehead atoms. The van der Waals surface area contributed by atoms with Crippen LogP contribution >= 0.6 is 0 Å². The lowest BCUT2D eigenvalue weighted by molar-refractivity contribution is 0.242. The third kappa shape index (κ3) is 4.75. The average Bonchev–Trinajstić information content (AvgIpc) is 2.28. The van der Waals surface area contributed by atoms with Gasteiger partial charge in [-0.2, -0.15) is 0 Å². The highest BCUT2D eigenvalue weighted by atomic mass is 16.5. The van der Waals surface area contributed by atoms with Crippen molar-refractivity contribution >= 4 is 0 Å². The SMILES string of the molecule is CC(CN)CC(N)c1ccc(OC(C)C)cc1. The van der Waals surface area contributed by atoms with Gasteiger partial charge in [0.05, 0.1) is 6.10 Å². The zero-order valence-electron chi connectivity index (χ0n) is 11.0. The minimum Gasteiger partial charge on any atom is -0.491 e. The summed E-state index contributed by atoms with van der Waals surface area (Å²) in [5, 5.41) is 0. The number of rotatable bonds is 6. The van der Waals surface area contributed by atoms with Gasteiger partial charge in [-0.1, -0.05) is 19.1 Å². The molecule has 0 amide bonds. The fourth-order valence-electron chi connectivity index (χ4n) is 1.73. The summed E-state index contributed by atoms with van der Waals surface area (Å²) in [6.45, 7) is 6.84. The largest absolute Gasteiger partial charge is 0.491 e. The van der Waals surface area contributed by atoms with E-state index >= 15 is 0 Å². The Morgan fingerprint density at radius 2 is 1.71 bits per heavy atom. The molecule has 0 fully saturated rings. The molecule has 3 nitrogen and oxygen atoms in total. The summed E-state index contributed by atoms with van der Waals surface area (Å²) >= 11 is 0. The van der Waals surface area contributed by atoms with Crippen LogP contribution in [0.3, 0.4) is 0 Å². The molecule has 0 radical (unpaired) electrons. The normalized spacial score (nSPS) is 14.7. The van der Waals surface area contributed by atoms with Gasteiger partial charge in [-0.05, 0) is 50.4 Å². The number of ether oxygens (including phenoxy) is 1. The number of hydrogen-bond acceptors (Lipinski definition) is 3. The predicted octanol–water partition coefficient (Wildman–Crippen LogP) is 2.46. The molecule has 3 heteroatoms. The maximum atomic E-state index is 6.13. The molecule has 0 aliphatic heterocycles. The van der Waals surface area contributed by atoms with Gasteiger partial charge in [-0.15, -0.1) is 0 Å². The Morgan fingerprint density at radius 3 is 2.18 bits per heavy atom. The molecule has 4 N–H and O–H groups in total. The first-order chi connectivity index (χ1) is 8.02. The molecule has 0 aliphatic rings. The quantitative estimate of drug-likeness (QED) is 0.797. The van der Waals surface area contributed by atoms with Gasteiger partial charge in [0.25, 0.3) is 0 Å². The van der Waals surface area contributed by atoms with E-state index in [9.17, 15) is 0 Å². The van der Waals surface area contributed by atoms with E-state index in [2.05, 4.69) is 6.92 Å².